The Bertz CT molecular complexity index is 2280. The van der Waals surface area contributed by atoms with E-state index in [0.717, 1.165) is 74.1 Å². The number of H-pyrrole nitrogens is 2. The summed E-state index contributed by atoms with van der Waals surface area (Å²) in [5.74, 6) is 0.849. The number of hydrogen-bond acceptors (Lipinski definition) is 8. The smallest absolute Gasteiger partial charge is 0.407 e. The van der Waals surface area contributed by atoms with Gasteiger partial charge in [-0.3, -0.25) is 9.59 Å². The fourth-order valence-corrected chi connectivity index (χ4v) is 9.58. The zero-order chi connectivity index (χ0) is 41.9. The number of carbonyl (C=O) groups is 4. The molecule has 4 aliphatic rings. The van der Waals surface area contributed by atoms with Crippen molar-refractivity contribution < 1.29 is 28.7 Å². The Morgan fingerprint density at radius 2 is 1.30 bits per heavy atom. The van der Waals surface area contributed by atoms with E-state index in [1.165, 1.54) is 19.8 Å². The molecular formula is C46H52N8O6. The standard InChI is InChI=1S/C46H52N8O6/c1-29(49-41(55)37(52-43(57)59-2)31-11-6-4-7-12-31)39-48-28-36(51-39)46-23-20-45(21-24-46,22-25-46)33-18-16-30(17-19-33)34-27-47-40(50-34)35-15-10-26-54(35)42(56)38(53-44(58)60-3)32-13-8-5-9-14-32/h4-9,11-14,16-19,27-29,35,37-38H,10,15,20-26H2,1-3H3,(H,47,50)(H,48,51)(H,49,55)(H,52,57)(H,53,58). The summed E-state index contributed by atoms with van der Waals surface area (Å²) in [7, 11) is 2.56. The third kappa shape index (κ3) is 7.97. The highest BCUT2D eigenvalue weighted by atomic mass is 16.5. The Kier molecular flexibility index (Phi) is 11.5. The Morgan fingerprint density at radius 1 is 0.717 bits per heavy atom. The van der Waals surface area contributed by atoms with Crippen LogP contribution < -0.4 is 16.0 Å². The van der Waals surface area contributed by atoms with Crippen molar-refractivity contribution in [3.8, 4) is 11.3 Å². The van der Waals surface area contributed by atoms with Gasteiger partial charge in [0.05, 0.1) is 38.2 Å². The normalized spacial score (nSPS) is 22.3. The highest BCUT2D eigenvalue weighted by Crippen LogP contribution is 2.58. The van der Waals surface area contributed by atoms with Crippen molar-refractivity contribution in [3.05, 3.63) is 131 Å². The van der Waals surface area contributed by atoms with Gasteiger partial charge in [-0.15, -0.1) is 0 Å². The molecule has 5 N–H and O–H groups in total. The fraction of sp³-hybridized carbons (Fsp3) is 0.391. The molecule has 2 bridgehead atoms. The lowest BCUT2D eigenvalue weighted by molar-refractivity contribution is -0.134. The number of alkyl carbamates (subject to hydrolysis) is 2. The summed E-state index contributed by atoms with van der Waals surface area (Å²) in [5, 5.41) is 8.39. The number of carbonyl (C=O) groups excluding carboxylic acids is 4. The number of hydrogen-bond donors (Lipinski definition) is 5. The van der Waals surface area contributed by atoms with E-state index in [-0.39, 0.29) is 28.7 Å². The molecule has 3 aromatic carbocycles. The van der Waals surface area contributed by atoms with Crippen LogP contribution in [0.5, 0.6) is 0 Å². The number of fused-ring (bicyclic) bond motifs is 3. The van der Waals surface area contributed by atoms with Gasteiger partial charge in [-0.2, -0.15) is 0 Å². The second-order valence-electron chi connectivity index (χ2n) is 16.4. The Morgan fingerprint density at radius 3 is 1.92 bits per heavy atom. The molecule has 0 spiro atoms. The number of benzene rings is 3. The molecular weight excluding hydrogens is 761 g/mol. The molecule has 312 valence electrons. The quantitative estimate of drug-likeness (QED) is 0.0865. The first kappa shape index (κ1) is 40.3. The van der Waals surface area contributed by atoms with Crippen LogP contribution in [-0.2, 0) is 29.9 Å². The van der Waals surface area contributed by atoms with Gasteiger partial charge in [0.2, 0.25) is 5.91 Å². The summed E-state index contributed by atoms with van der Waals surface area (Å²) in [6, 6.07) is 24.7. The van der Waals surface area contributed by atoms with Gasteiger partial charge in [0.25, 0.3) is 5.91 Å². The van der Waals surface area contributed by atoms with Crippen molar-refractivity contribution in [2.75, 3.05) is 20.8 Å². The van der Waals surface area contributed by atoms with Crippen LogP contribution in [0.2, 0.25) is 0 Å². The van der Waals surface area contributed by atoms with E-state index in [2.05, 4.69) is 50.2 Å². The lowest BCUT2D eigenvalue weighted by Gasteiger charge is -2.53. The molecule has 5 aromatic rings. The average Bonchev–Trinajstić information content (AvgIpc) is 4.11. The van der Waals surface area contributed by atoms with Crippen molar-refractivity contribution in [2.24, 2.45) is 0 Å². The molecule has 14 nitrogen and oxygen atoms in total. The molecule has 1 aliphatic heterocycles. The van der Waals surface area contributed by atoms with Gasteiger partial charge >= 0.3 is 12.2 Å². The van der Waals surface area contributed by atoms with Crippen molar-refractivity contribution in [3.63, 3.8) is 0 Å². The molecule has 3 heterocycles. The predicted molar refractivity (Wildman–Crippen MR) is 223 cm³/mol. The van der Waals surface area contributed by atoms with E-state index in [4.69, 9.17) is 19.4 Å². The van der Waals surface area contributed by atoms with E-state index in [1.54, 1.807) is 12.1 Å². The number of aromatic amines is 2. The first-order chi connectivity index (χ1) is 29.1. The molecule has 4 amide bonds. The summed E-state index contributed by atoms with van der Waals surface area (Å²) in [6.45, 7) is 2.45. The monoisotopic (exact) mass is 812 g/mol. The van der Waals surface area contributed by atoms with Crippen molar-refractivity contribution in [2.45, 2.75) is 93.3 Å². The lowest BCUT2D eigenvalue weighted by Crippen LogP contribution is -2.46. The zero-order valence-electron chi connectivity index (χ0n) is 34.2. The number of methoxy groups -OCH3 is 2. The maximum absolute atomic E-state index is 13.9. The molecule has 4 unspecified atom stereocenters. The van der Waals surface area contributed by atoms with Crippen LogP contribution in [0.15, 0.2) is 97.3 Å². The van der Waals surface area contributed by atoms with Gasteiger partial charge in [0.15, 0.2) is 0 Å². The first-order valence-corrected chi connectivity index (χ1v) is 20.7. The number of nitrogens with one attached hydrogen (secondary N) is 5. The van der Waals surface area contributed by atoms with Crippen LogP contribution in [0, 0.1) is 0 Å². The largest absolute Gasteiger partial charge is 0.453 e. The van der Waals surface area contributed by atoms with Crippen LogP contribution in [0.25, 0.3) is 11.3 Å². The number of aromatic nitrogens is 4. The molecule has 9 rings (SSSR count). The van der Waals surface area contributed by atoms with Crippen LogP contribution >= 0.6 is 0 Å². The minimum Gasteiger partial charge on any atom is -0.453 e. The van der Waals surface area contributed by atoms with Gasteiger partial charge in [0, 0.05) is 23.9 Å². The summed E-state index contributed by atoms with van der Waals surface area (Å²) >= 11 is 0. The SMILES string of the molecule is COC(=O)NC(C(=O)NC(C)c1ncc(C23CCC(c4ccc(-c5cnc(C6CCCN6C(=O)C(NC(=O)OC)c6ccccc6)[nH]5)cc4)(CC2)CC3)[nH]1)c1ccccc1. The number of amides is 4. The highest BCUT2D eigenvalue weighted by molar-refractivity contribution is 5.88. The Hall–Kier alpha value is -6.44. The Labute approximate surface area is 349 Å². The zero-order valence-corrected chi connectivity index (χ0v) is 34.2. The molecule has 14 heteroatoms. The third-order valence-corrected chi connectivity index (χ3v) is 13.1. The fourth-order valence-electron chi connectivity index (χ4n) is 9.58. The van der Waals surface area contributed by atoms with Crippen LogP contribution in [-0.4, -0.2) is 69.6 Å². The van der Waals surface area contributed by atoms with Crippen molar-refractivity contribution in [1.82, 2.24) is 40.8 Å². The second-order valence-corrected chi connectivity index (χ2v) is 16.4. The van der Waals surface area contributed by atoms with Gasteiger partial charge in [-0.1, -0.05) is 84.9 Å². The molecule has 2 aromatic heterocycles. The molecule has 3 saturated carbocycles. The first-order valence-electron chi connectivity index (χ1n) is 20.7. The van der Waals surface area contributed by atoms with Gasteiger partial charge < -0.3 is 40.3 Å². The van der Waals surface area contributed by atoms with E-state index in [9.17, 15) is 19.2 Å². The van der Waals surface area contributed by atoms with Crippen LogP contribution in [0.1, 0.15) is 116 Å². The van der Waals surface area contributed by atoms with Gasteiger partial charge in [-0.25, -0.2) is 19.6 Å². The molecule has 4 atom stereocenters. The molecule has 0 radical (unpaired) electrons. The number of rotatable bonds is 12. The highest BCUT2D eigenvalue weighted by Gasteiger charge is 2.51. The summed E-state index contributed by atoms with van der Waals surface area (Å²) in [4.78, 5) is 70.1. The number of nitrogens with zero attached hydrogens (tertiary/aromatic N) is 3. The van der Waals surface area contributed by atoms with E-state index < -0.39 is 30.3 Å². The second kappa shape index (κ2) is 17.0. The van der Waals surface area contributed by atoms with Crippen LogP contribution in [0.4, 0.5) is 9.59 Å². The van der Waals surface area contributed by atoms with Crippen LogP contribution in [0.3, 0.4) is 0 Å². The molecule has 60 heavy (non-hydrogen) atoms. The van der Waals surface area contributed by atoms with Gasteiger partial charge in [0.1, 0.15) is 23.7 Å². The lowest BCUT2D eigenvalue weighted by atomic mass is 9.51. The number of likely N-dealkylation sites (tertiary alicyclic amines) is 1. The molecule has 3 aliphatic carbocycles. The summed E-state index contributed by atoms with van der Waals surface area (Å²) in [5.41, 5.74) is 5.85. The number of imidazole rings is 2. The minimum atomic E-state index is -0.914. The predicted octanol–water partition coefficient (Wildman–Crippen LogP) is 7.38. The van der Waals surface area contributed by atoms with Crippen molar-refractivity contribution >= 4 is 24.0 Å². The third-order valence-electron chi connectivity index (χ3n) is 13.1. The average molecular weight is 813 g/mol. The van der Waals surface area contributed by atoms with E-state index in [0.29, 0.717) is 23.5 Å². The van der Waals surface area contributed by atoms with E-state index >= 15 is 0 Å². The maximum atomic E-state index is 13.9. The molecule has 4 fully saturated rings. The minimum absolute atomic E-state index is 0.00793. The Balaban J connectivity index is 0.902. The van der Waals surface area contributed by atoms with Gasteiger partial charge in [-0.05, 0) is 86.0 Å². The number of ether oxygens (including phenoxy) is 2. The van der Waals surface area contributed by atoms with Crippen molar-refractivity contribution in [1.29, 1.82) is 0 Å². The summed E-state index contributed by atoms with van der Waals surface area (Å²) < 4.78 is 9.62. The molecule has 1 saturated heterocycles. The van der Waals surface area contributed by atoms with E-state index in [1.807, 2.05) is 72.7 Å². The topological polar surface area (TPSA) is 183 Å². The summed E-state index contributed by atoms with van der Waals surface area (Å²) in [6.07, 6.45) is 10.3. The maximum Gasteiger partial charge on any atom is 0.407 e.